The van der Waals surface area contributed by atoms with Gasteiger partial charge in [-0.1, -0.05) is 115 Å². The van der Waals surface area contributed by atoms with Crippen LogP contribution in [0.5, 0.6) is 17.2 Å². The van der Waals surface area contributed by atoms with Gasteiger partial charge in [0.15, 0.2) is 0 Å². The minimum Gasteiger partial charge on any atom is -0.497 e. The molecule has 0 saturated heterocycles. The summed E-state index contributed by atoms with van der Waals surface area (Å²) in [5.41, 5.74) is 10.8. The highest BCUT2D eigenvalue weighted by molar-refractivity contribution is 5.73. The summed E-state index contributed by atoms with van der Waals surface area (Å²) in [6.45, 7) is 2.11. The molecule has 0 aliphatic rings. The average Bonchev–Trinajstić information content (AvgIpc) is 3.02. The molecule has 2 heteroatoms. The van der Waals surface area contributed by atoms with Gasteiger partial charge in [0, 0.05) is 0 Å². The molecule has 0 fully saturated rings. The summed E-state index contributed by atoms with van der Waals surface area (Å²) in [7, 11) is 1.68. The van der Waals surface area contributed by atoms with Crippen LogP contribution >= 0.6 is 0 Å². The highest BCUT2D eigenvalue weighted by Crippen LogP contribution is 2.31. The zero-order valence-corrected chi connectivity index (χ0v) is 22.7. The number of aryl methyl sites for hydroxylation is 1. The molecule has 0 N–H and O–H groups in total. The van der Waals surface area contributed by atoms with E-state index in [4.69, 9.17) is 9.47 Å². The Bertz CT molecular complexity index is 1680. The molecule has 0 radical (unpaired) electrons. The first-order valence-electron chi connectivity index (χ1n) is 13.4. The van der Waals surface area contributed by atoms with Crippen molar-refractivity contribution in [1.82, 2.24) is 0 Å². The predicted octanol–water partition coefficient (Wildman–Crippen LogP) is 10.5. The van der Waals surface area contributed by atoms with Gasteiger partial charge < -0.3 is 9.47 Å². The molecular formula is C38H30O2. The fourth-order valence-electron chi connectivity index (χ4n) is 4.81. The first kappa shape index (κ1) is 25.2. The van der Waals surface area contributed by atoms with Crippen LogP contribution in [-0.4, -0.2) is 7.11 Å². The molecule has 0 aromatic heterocycles. The molecule has 6 aromatic rings. The molecule has 194 valence electrons. The van der Waals surface area contributed by atoms with Gasteiger partial charge in [0.2, 0.25) is 0 Å². The van der Waals surface area contributed by atoms with Crippen LogP contribution in [0.1, 0.15) is 5.56 Å². The quantitative estimate of drug-likeness (QED) is 0.209. The van der Waals surface area contributed by atoms with Crippen LogP contribution in [0.15, 0.2) is 146 Å². The van der Waals surface area contributed by atoms with Gasteiger partial charge in [-0.25, -0.2) is 0 Å². The molecule has 0 aliphatic carbocycles. The number of methoxy groups -OCH3 is 1. The Morgan fingerprint density at radius 2 is 0.525 bits per heavy atom. The van der Waals surface area contributed by atoms with Crippen molar-refractivity contribution in [2.24, 2.45) is 0 Å². The number of benzene rings is 6. The Labute approximate surface area is 236 Å². The van der Waals surface area contributed by atoms with E-state index in [2.05, 4.69) is 116 Å². The fourth-order valence-corrected chi connectivity index (χ4v) is 4.81. The van der Waals surface area contributed by atoms with Gasteiger partial charge in [-0.2, -0.15) is 0 Å². The summed E-state index contributed by atoms with van der Waals surface area (Å²) in [6, 6.07) is 50.6. The molecule has 0 saturated carbocycles. The third-order valence-corrected chi connectivity index (χ3v) is 7.19. The normalized spacial score (nSPS) is 10.8. The van der Waals surface area contributed by atoms with Gasteiger partial charge in [0.25, 0.3) is 0 Å². The van der Waals surface area contributed by atoms with Gasteiger partial charge in [0.05, 0.1) is 7.11 Å². The topological polar surface area (TPSA) is 18.5 Å². The van der Waals surface area contributed by atoms with Crippen LogP contribution in [0.2, 0.25) is 0 Å². The summed E-state index contributed by atoms with van der Waals surface area (Å²) in [4.78, 5) is 0. The molecule has 0 amide bonds. The van der Waals surface area contributed by atoms with E-state index in [1.54, 1.807) is 7.11 Å². The third-order valence-electron chi connectivity index (χ3n) is 7.19. The second-order valence-electron chi connectivity index (χ2n) is 9.90. The van der Waals surface area contributed by atoms with Crippen molar-refractivity contribution in [3.8, 4) is 61.8 Å². The lowest BCUT2D eigenvalue weighted by molar-refractivity contribution is 0.415. The first-order chi connectivity index (χ1) is 19.6. The third kappa shape index (κ3) is 5.67. The molecule has 0 spiro atoms. The molecule has 0 aliphatic heterocycles. The lowest BCUT2D eigenvalue weighted by atomic mass is 9.98. The minimum atomic E-state index is 0.808. The van der Waals surface area contributed by atoms with E-state index in [9.17, 15) is 0 Å². The van der Waals surface area contributed by atoms with Crippen LogP contribution in [0.25, 0.3) is 44.5 Å². The SMILES string of the molecule is COc1ccc(-c2ccc(Oc3ccc(-c4ccc(-c5ccc(-c6ccc(C)cc6)cc5)cc4)cc3)cc2)cc1. The number of hydrogen-bond acceptors (Lipinski definition) is 2. The Kier molecular flexibility index (Phi) is 7.15. The van der Waals surface area contributed by atoms with Gasteiger partial charge in [-0.15, -0.1) is 0 Å². The molecule has 0 heterocycles. The van der Waals surface area contributed by atoms with E-state index >= 15 is 0 Å². The highest BCUT2D eigenvalue weighted by Gasteiger charge is 2.05. The van der Waals surface area contributed by atoms with Crippen molar-refractivity contribution in [3.05, 3.63) is 151 Å². The van der Waals surface area contributed by atoms with Gasteiger partial charge in [-0.05, 0) is 87.8 Å². The maximum absolute atomic E-state index is 6.10. The Morgan fingerprint density at radius 3 is 0.800 bits per heavy atom. The maximum atomic E-state index is 6.10. The molecule has 0 atom stereocenters. The molecule has 0 bridgehead atoms. The smallest absolute Gasteiger partial charge is 0.127 e. The Morgan fingerprint density at radius 1 is 0.300 bits per heavy atom. The second-order valence-corrected chi connectivity index (χ2v) is 9.90. The van der Waals surface area contributed by atoms with Crippen molar-refractivity contribution < 1.29 is 9.47 Å². The van der Waals surface area contributed by atoms with E-state index in [0.717, 1.165) is 33.9 Å². The largest absolute Gasteiger partial charge is 0.497 e. The molecule has 40 heavy (non-hydrogen) atoms. The minimum absolute atomic E-state index is 0.808. The van der Waals surface area contributed by atoms with E-state index < -0.39 is 0 Å². The van der Waals surface area contributed by atoms with E-state index in [0.29, 0.717) is 0 Å². The summed E-state index contributed by atoms with van der Waals surface area (Å²) in [6.07, 6.45) is 0. The Balaban J connectivity index is 1.10. The number of ether oxygens (including phenoxy) is 2. The fraction of sp³-hybridized carbons (Fsp3) is 0.0526. The first-order valence-corrected chi connectivity index (χ1v) is 13.4. The molecular weight excluding hydrogens is 488 g/mol. The van der Waals surface area contributed by atoms with E-state index in [1.807, 2.05) is 36.4 Å². The van der Waals surface area contributed by atoms with Gasteiger partial charge in [-0.3, -0.25) is 0 Å². The van der Waals surface area contributed by atoms with Crippen molar-refractivity contribution in [2.45, 2.75) is 6.92 Å². The summed E-state index contributed by atoms with van der Waals surface area (Å²) >= 11 is 0. The van der Waals surface area contributed by atoms with Crippen LogP contribution in [0.4, 0.5) is 0 Å². The summed E-state index contributed by atoms with van der Waals surface area (Å²) in [5.74, 6) is 2.47. The lowest BCUT2D eigenvalue weighted by Gasteiger charge is -2.09. The van der Waals surface area contributed by atoms with Crippen LogP contribution < -0.4 is 9.47 Å². The highest BCUT2D eigenvalue weighted by atomic mass is 16.5. The lowest BCUT2D eigenvalue weighted by Crippen LogP contribution is -1.86. The molecule has 6 aromatic carbocycles. The van der Waals surface area contributed by atoms with E-state index in [1.165, 1.54) is 33.4 Å². The van der Waals surface area contributed by atoms with Crippen molar-refractivity contribution in [3.63, 3.8) is 0 Å². The average molecular weight is 519 g/mol. The van der Waals surface area contributed by atoms with Crippen molar-refractivity contribution in [2.75, 3.05) is 7.11 Å². The monoisotopic (exact) mass is 518 g/mol. The van der Waals surface area contributed by atoms with Crippen LogP contribution in [0.3, 0.4) is 0 Å². The van der Waals surface area contributed by atoms with Gasteiger partial charge >= 0.3 is 0 Å². The molecule has 0 unspecified atom stereocenters. The van der Waals surface area contributed by atoms with Crippen molar-refractivity contribution in [1.29, 1.82) is 0 Å². The van der Waals surface area contributed by atoms with E-state index in [-0.39, 0.29) is 0 Å². The maximum Gasteiger partial charge on any atom is 0.127 e. The summed E-state index contributed by atoms with van der Waals surface area (Å²) < 4.78 is 11.4. The number of rotatable bonds is 7. The zero-order chi connectivity index (χ0) is 27.3. The zero-order valence-electron chi connectivity index (χ0n) is 22.7. The van der Waals surface area contributed by atoms with Crippen LogP contribution in [-0.2, 0) is 0 Å². The predicted molar refractivity (Wildman–Crippen MR) is 166 cm³/mol. The molecule has 2 nitrogen and oxygen atoms in total. The summed E-state index contributed by atoms with van der Waals surface area (Å²) in [5, 5.41) is 0. The standard InChI is InChI=1S/C38H30O2/c1-27-3-5-28(6-4-27)29-7-9-30(10-8-29)31-11-13-32(14-12-31)34-17-23-37(24-18-34)40-38-25-19-35(20-26-38)33-15-21-36(39-2)22-16-33/h3-26H,1-2H3. The number of hydrogen-bond donors (Lipinski definition) is 0. The second kappa shape index (κ2) is 11.3. The van der Waals surface area contributed by atoms with Gasteiger partial charge in [0.1, 0.15) is 17.2 Å². The molecule has 6 rings (SSSR count). The Hall–Kier alpha value is -5.08. The van der Waals surface area contributed by atoms with Crippen LogP contribution in [0, 0.1) is 6.92 Å². The van der Waals surface area contributed by atoms with Crippen molar-refractivity contribution >= 4 is 0 Å².